The highest BCUT2D eigenvalue weighted by Crippen LogP contribution is 2.26. The lowest BCUT2D eigenvalue weighted by atomic mass is 10.0. The maximum absolute atomic E-state index is 12.3. The van der Waals surface area contributed by atoms with E-state index in [2.05, 4.69) is 5.32 Å². The molecule has 2 rings (SSSR count). The number of benzene rings is 2. The van der Waals surface area contributed by atoms with Gasteiger partial charge in [0, 0.05) is 29.0 Å². The molecule has 0 fully saturated rings. The normalized spacial score (nSPS) is 11.6. The van der Waals surface area contributed by atoms with Crippen LogP contribution in [0.3, 0.4) is 0 Å². The maximum Gasteiger partial charge on any atom is 0.288 e. The number of nitrogens with zero attached hydrogens (tertiary/aromatic N) is 1. The topological polar surface area (TPSA) is 112 Å². The molecular weight excluding hydrogens is 371 g/mol. The number of nitro benzene ring substituents is 1. The van der Waals surface area contributed by atoms with Gasteiger partial charge in [-0.15, -0.1) is 0 Å². The van der Waals surface area contributed by atoms with Crippen molar-refractivity contribution in [3.63, 3.8) is 0 Å². The summed E-state index contributed by atoms with van der Waals surface area (Å²) in [7, 11) is 0. The average molecular weight is 382 g/mol. The van der Waals surface area contributed by atoms with Crippen molar-refractivity contribution >= 4 is 40.8 Å². The van der Waals surface area contributed by atoms with Crippen molar-refractivity contribution < 1.29 is 19.6 Å². The van der Waals surface area contributed by atoms with Crippen LogP contribution in [0.2, 0.25) is 10.0 Å². The zero-order valence-electron chi connectivity index (χ0n) is 12.6. The van der Waals surface area contributed by atoms with Gasteiger partial charge in [-0.3, -0.25) is 14.9 Å². The van der Waals surface area contributed by atoms with E-state index in [0.29, 0.717) is 10.6 Å². The van der Waals surface area contributed by atoms with Gasteiger partial charge in [0.15, 0.2) is 0 Å². The first-order valence-corrected chi connectivity index (χ1v) is 7.73. The number of nitro groups is 1. The van der Waals surface area contributed by atoms with Gasteiger partial charge in [0.05, 0.1) is 11.0 Å². The highest BCUT2D eigenvalue weighted by atomic mass is 35.5. The maximum atomic E-state index is 12.3. The first kappa shape index (κ1) is 18.7. The number of carbonyl (C=O) groups excluding carboxylic acids is 2. The lowest BCUT2D eigenvalue weighted by Crippen LogP contribution is -2.34. The summed E-state index contributed by atoms with van der Waals surface area (Å²) in [6.45, 7) is 0. The van der Waals surface area contributed by atoms with Crippen molar-refractivity contribution in [1.82, 2.24) is 5.32 Å². The van der Waals surface area contributed by atoms with E-state index >= 15 is 0 Å². The van der Waals surface area contributed by atoms with Crippen LogP contribution in [0.1, 0.15) is 28.4 Å². The molecular formula is C16H11Cl2N2O5-. The fourth-order valence-corrected chi connectivity index (χ4v) is 2.46. The van der Waals surface area contributed by atoms with E-state index in [0.717, 1.165) is 6.07 Å². The summed E-state index contributed by atoms with van der Waals surface area (Å²) in [5.74, 6) is -2.04. The van der Waals surface area contributed by atoms with E-state index in [1.54, 1.807) is 24.3 Å². The zero-order valence-corrected chi connectivity index (χ0v) is 14.1. The summed E-state index contributed by atoms with van der Waals surface area (Å²) in [6.07, 6.45) is -0.469. The summed E-state index contributed by atoms with van der Waals surface area (Å²) >= 11 is 11.5. The van der Waals surface area contributed by atoms with Crippen LogP contribution in [0.15, 0.2) is 42.5 Å². The smallest absolute Gasteiger partial charge is 0.288 e. The molecule has 0 spiro atoms. The highest BCUT2D eigenvalue weighted by Gasteiger charge is 2.20. The molecule has 0 aliphatic rings. The van der Waals surface area contributed by atoms with Crippen LogP contribution in [-0.2, 0) is 4.79 Å². The molecule has 7 nitrogen and oxygen atoms in total. The second-order valence-electron chi connectivity index (χ2n) is 5.08. The van der Waals surface area contributed by atoms with E-state index in [1.165, 1.54) is 12.1 Å². The largest absolute Gasteiger partial charge is 0.550 e. The summed E-state index contributed by atoms with van der Waals surface area (Å²) in [5, 5.41) is 24.7. The second kappa shape index (κ2) is 7.96. The molecule has 0 aromatic heterocycles. The summed E-state index contributed by atoms with van der Waals surface area (Å²) in [4.78, 5) is 33.5. The first-order chi connectivity index (χ1) is 11.8. The molecule has 0 heterocycles. The summed E-state index contributed by atoms with van der Waals surface area (Å²) in [5.41, 5.74) is 0.0658. The Hall–Kier alpha value is -2.64. The summed E-state index contributed by atoms with van der Waals surface area (Å²) in [6, 6.07) is 8.92. The van der Waals surface area contributed by atoms with Crippen molar-refractivity contribution in [3.05, 3.63) is 73.8 Å². The van der Waals surface area contributed by atoms with Gasteiger partial charge >= 0.3 is 0 Å². The zero-order chi connectivity index (χ0) is 18.6. The van der Waals surface area contributed by atoms with Crippen LogP contribution in [0.25, 0.3) is 0 Å². The number of carboxylic acids is 1. The van der Waals surface area contributed by atoms with Crippen molar-refractivity contribution in [2.75, 3.05) is 0 Å². The number of hydrogen-bond acceptors (Lipinski definition) is 5. The number of hydrogen-bond donors (Lipinski definition) is 1. The molecule has 0 bridgehead atoms. The quantitative estimate of drug-likeness (QED) is 0.609. The third kappa shape index (κ3) is 4.91. The molecule has 0 radical (unpaired) electrons. The molecule has 0 saturated carbocycles. The van der Waals surface area contributed by atoms with Crippen molar-refractivity contribution in [3.8, 4) is 0 Å². The fraction of sp³-hybridized carbons (Fsp3) is 0.125. The lowest BCUT2D eigenvalue weighted by Gasteiger charge is -2.20. The van der Waals surface area contributed by atoms with E-state index < -0.39 is 34.9 Å². The van der Waals surface area contributed by atoms with Gasteiger partial charge in [-0.05, 0) is 29.8 Å². The predicted octanol–water partition coefficient (Wildman–Crippen LogP) is 2.51. The van der Waals surface area contributed by atoms with Crippen LogP contribution < -0.4 is 10.4 Å². The first-order valence-electron chi connectivity index (χ1n) is 6.98. The minimum atomic E-state index is -1.36. The number of halogens is 2. The predicted molar refractivity (Wildman–Crippen MR) is 89.4 cm³/mol. The fourth-order valence-electron chi connectivity index (χ4n) is 2.15. The second-order valence-corrected chi connectivity index (χ2v) is 5.92. The van der Waals surface area contributed by atoms with Crippen molar-refractivity contribution in [1.29, 1.82) is 0 Å². The number of rotatable bonds is 6. The molecule has 2 aromatic carbocycles. The van der Waals surface area contributed by atoms with Gasteiger partial charge in [0.25, 0.3) is 11.6 Å². The van der Waals surface area contributed by atoms with E-state index in [1.807, 2.05) is 0 Å². The third-order valence-corrected chi connectivity index (χ3v) is 3.93. The molecule has 0 saturated heterocycles. The molecule has 1 amide bonds. The molecule has 0 aliphatic carbocycles. The van der Waals surface area contributed by atoms with Gasteiger partial charge in [-0.2, -0.15) is 0 Å². The molecule has 9 heteroatoms. The number of aliphatic carboxylic acids is 1. The molecule has 1 atom stereocenters. The summed E-state index contributed by atoms with van der Waals surface area (Å²) < 4.78 is 0. The molecule has 2 aromatic rings. The monoisotopic (exact) mass is 381 g/mol. The van der Waals surface area contributed by atoms with Crippen LogP contribution in [0.4, 0.5) is 5.69 Å². The van der Waals surface area contributed by atoms with E-state index in [9.17, 15) is 24.8 Å². The van der Waals surface area contributed by atoms with Crippen molar-refractivity contribution in [2.24, 2.45) is 0 Å². The van der Waals surface area contributed by atoms with Crippen LogP contribution in [-0.4, -0.2) is 16.8 Å². The third-order valence-electron chi connectivity index (χ3n) is 3.35. The minimum Gasteiger partial charge on any atom is -0.550 e. The highest BCUT2D eigenvalue weighted by molar-refractivity contribution is 6.32. The van der Waals surface area contributed by atoms with Gasteiger partial charge in [0.2, 0.25) is 0 Å². The Kier molecular flexibility index (Phi) is 5.95. The minimum absolute atomic E-state index is 0.0200. The van der Waals surface area contributed by atoms with E-state index in [-0.39, 0.29) is 10.6 Å². The Balaban J connectivity index is 2.27. The Morgan fingerprint density at radius 2 is 1.76 bits per heavy atom. The average Bonchev–Trinajstić information content (AvgIpc) is 2.54. The number of amides is 1. The van der Waals surface area contributed by atoms with Gasteiger partial charge in [-0.25, -0.2) is 0 Å². The van der Waals surface area contributed by atoms with Crippen LogP contribution in [0, 0.1) is 10.1 Å². The SMILES string of the molecule is O=C([O-])C[C@H](NC(=O)c1ccc(Cl)c([N+](=O)[O-])c1)c1ccc(Cl)cc1. The Morgan fingerprint density at radius 1 is 1.12 bits per heavy atom. The van der Waals surface area contributed by atoms with Gasteiger partial charge in [-0.1, -0.05) is 35.3 Å². The van der Waals surface area contributed by atoms with Crippen LogP contribution >= 0.6 is 23.2 Å². The molecule has 25 heavy (non-hydrogen) atoms. The van der Waals surface area contributed by atoms with Crippen LogP contribution in [0.5, 0.6) is 0 Å². The number of carboxylic acid groups (broad SMARTS) is 1. The molecule has 130 valence electrons. The number of nitrogens with one attached hydrogen (secondary N) is 1. The molecule has 0 aliphatic heterocycles. The Labute approximate surface area is 152 Å². The lowest BCUT2D eigenvalue weighted by molar-refractivity contribution is -0.384. The van der Waals surface area contributed by atoms with E-state index in [4.69, 9.17) is 23.2 Å². The standard InChI is InChI=1S/C16H12Cl2N2O5/c17-11-4-1-9(2-5-11)13(8-15(21)22)19-16(23)10-3-6-12(18)14(7-10)20(24)25/h1-7,13H,8H2,(H,19,23)(H,21,22)/p-1/t13-/m0/s1. The van der Waals surface area contributed by atoms with Gasteiger partial charge in [0.1, 0.15) is 5.02 Å². The molecule has 0 unspecified atom stereocenters. The Morgan fingerprint density at radius 3 is 2.32 bits per heavy atom. The Bertz CT molecular complexity index is 824. The molecule has 1 N–H and O–H groups in total. The van der Waals surface area contributed by atoms with Gasteiger partial charge < -0.3 is 15.2 Å². The number of carbonyl (C=O) groups is 2. The van der Waals surface area contributed by atoms with Crippen molar-refractivity contribution in [2.45, 2.75) is 12.5 Å².